The first-order valence-electron chi connectivity index (χ1n) is 5.57. The van der Waals surface area contributed by atoms with Crippen LogP contribution in [0.4, 0.5) is 0 Å². The molecule has 96 valence electrons. The number of carbonyl (C=O) groups is 2. The van der Waals surface area contributed by atoms with Gasteiger partial charge in [-0.2, -0.15) is 0 Å². The van der Waals surface area contributed by atoms with E-state index in [2.05, 4.69) is 27.7 Å². The summed E-state index contributed by atoms with van der Waals surface area (Å²) in [5.74, 6) is -0.833. The third-order valence-electron chi connectivity index (χ3n) is 0. The predicted octanol–water partition coefficient (Wildman–Crippen LogP) is 4.15. The standard InChI is InChI=1S/2C3H8.C2H4O2.C2H4O.C2H6/c2*1-3-2;1-2(3)4;1-2-3;1-2/h2*3H2,1-2H3;1H3,(H,3,4);2H,1H3;1-2H3. The Bertz CT molecular complexity index is 74.9. The molecule has 0 aromatic rings. The van der Waals surface area contributed by atoms with Crippen molar-refractivity contribution in [3.63, 3.8) is 0 Å². The molecule has 0 saturated carbocycles. The van der Waals surface area contributed by atoms with E-state index >= 15 is 0 Å². The summed E-state index contributed by atoms with van der Waals surface area (Å²) in [5, 5.41) is 7.42. The molecule has 0 aliphatic rings. The number of hydrogen-bond donors (Lipinski definition) is 1. The van der Waals surface area contributed by atoms with E-state index in [1.807, 2.05) is 13.8 Å². The van der Waals surface area contributed by atoms with Gasteiger partial charge >= 0.3 is 0 Å². The summed E-state index contributed by atoms with van der Waals surface area (Å²) in [5.41, 5.74) is 0. The van der Waals surface area contributed by atoms with Crippen molar-refractivity contribution in [2.45, 2.75) is 68.2 Å². The van der Waals surface area contributed by atoms with Gasteiger partial charge in [-0.15, -0.1) is 0 Å². The summed E-state index contributed by atoms with van der Waals surface area (Å²) in [6, 6.07) is 0. The molecule has 0 bridgehead atoms. The number of aliphatic carboxylic acids is 1. The topological polar surface area (TPSA) is 54.4 Å². The molecule has 0 saturated heterocycles. The first kappa shape index (κ1) is 29.2. The highest BCUT2D eigenvalue weighted by Crippen LogP contribution is 1.56. The Kier molecular flexibility index (Phi) is 143. The Morgan fingerprint density at radius 1 is 1.07 bits per heavy atom. The van der Waals surface area contributed by atoms with Gasteiger partial charge in [-0.3, -0.25) is 4.79 Å². The van der Waals surface area contributed by atoms with Crippen LogP contribution in [0.3, 0.4) is 0 Å². The zero-order valence-electron chi connectivity index (χ0n) is 11.8. The van der Waals surface area contributed by atoms with Crippen LogP contribution in [-0.2, 0) is 9.59 Å². The molecule has 0 spiro atoms. The van der Waals surface area contributed by atoms with Gasteiger partial charge < -0.3 is 9.90 Å². The number of carboxylic acids is 1. The molecule has 0 radical (unpaired) electrons. The summed E-state index contributed by atoms with van der Waals surface area (Å²) in [4.78, 5) is 17.8. The monoisotopic (exact) mass is 222 g/mol. The van der Waals surface area contributed by atoms with E-state index < -0.39 is 5.97 Å². The largest absolute Gasteiger partial charge is 0.481 e. The lowest BCUT2D eigenvalue weighted by atomic mass is 10.6. The molecule has 0 atom stereocenters. The van der Waals surface area contributed by atoms with Gasteiger partial charge in [0.15, 0.2) is 0 Å². The van der Waals surface area contributed by atoms with Gasteiger partial charge in [0, 0.05) is 6.92 Å². The number of aldehydes is 1. The van der Waals surface area contributed by atoms with Gasteiger partial charge in [-0.25, -0.2) is 0 Å². The van der Waals surface area contributed by atoms with Crippen LogP contribution in [0.5, 0.6) is 0 Å². The van der Waals surface area contributed by atoms with Crippen LogP contribution in [0.2, 0.25) is 0 Å². The number of carboxylic acid groups (broad SMARTS) is 1. The van der Waals surface area contributed by atoms with Crippen molar-refractivity contribution in [2.75, 3.05) is 0 Å². The Hall–Kier alpha value is -0.860. The van der Waals surface area contributed by atoms with Crippen LogP contribution >= 0.6 is 0 Å². The van der Waals surface area contributed by atoms with Crippen LogP contribution < -0.4 is 0 Å². The van der Waals surface area contributed by atoms with E-state index in [0.29, 0.717) is 0 Å². The molecule has 0 aliphatic carbocycles. The fourth-order valence-corrected chi connectivity index (χ4v) is 0. The third-order valence-corrected chi connectivity index (χ3v) is 0. The minimum atomic E-state index is -0.833. The molecule has 0 aromatic carbocycles. The van der Waals surface area contributed by atoms with Gasteiger partial charge in [-0.05, 0) is 6.92 Å². The van der Waals surface area contributed by atoms with Crippen molar-refractivity contribution in [3.8, 4) is 0 Å². The Morgan fingerprint density at radius 2 is 1.07 bits per heavy atom. The lowest BCUT2D eigenvalue weighted by Crippen LogP contribution is -1.78. The van der Waals surface area contributed by atoms with Crippen molar-refractivity contribution < 1.29 is 14.7 Å². The molecular weight excluding hydrogens is 192 g/mol. The van der Waals surface area contributed by atoms with E-state index in [9.17, 15) is 0 Å². The van der Waals surface area contributed by atoms with Crippen molar-refractivity contribution >= 4 is 12.3 Å². The van der Waals surface area contributed by atoms with Gasteiger partial charge in [0.05, 0.1) is 0 Å². The summed E-state index contributed by atoms with van der Waals surface area (Å²) < 4.78 is 0. The molecule has 0 fully saturated rings. The van der Waals surface area contributed by atoms with Crippen molar-refractivity contribution in [2.24, 2.45) is 0 Å². The highest BCUT2D eigenvalue weighted by molar-refractivity contribution is 5.62. The van der Waals surface area contributed by atoms with Crippen LogP contribution in [0, 0.1) is 0 Å². The first-order chi connectivity index (χ1) is 6.97. The van der Waals surface area contributed by atoms with E-state index in [-0.39, 0.29) is 0 Å². The van der Waals surface area contributed by atoms with Crippen LogP contribution in [0.15, 0.2) is 0 Å². The van der Waals surface area contributed by atoms with Crippen molar-refractivity contribution in [1.29, 1.82) is 0 Å². The second-order valence-corrected chi connectivity index (χ2v) is 2.17. The number of carbonyl (C=O) groups excluding carboxylic acids is 1. The molecule has 0 aromatic heterocycles. The SMILES string of the molecule is CC.CC(=O)O.CC=O.CCC.CCC. The second-order valence-electron chi connectivity index (χ2n) is 2.17. The smallest absolute Gasteiger partial charge is 0.300 e. The first-order valence-corrected chi connectivity index (χ1v) is 5.57. The maximum Gasteiger partial charge on any atom is 0.300 e. The van der Waals surface area contributed by atoms with Crippen molar-refractivity contribution in [3.05, 3.63) is 0 Å². The quantitative estimate of drug-likeness (QED) is 0.626. The third kappa shape index (κ3) is 2200. The predicted molar refractivity (Wildman–Crippen MR) is 68.3 cm³/mol. The van der Waals surface area contributed by atoms with E-state index in [4.69, 9.17) is 14.7 Å². The molecule has 1 N–H and O–H groups in total. The highest BCUT2D eigenvalue weighted by atomic mass is 16.4. The lowest BCUT2D eigenvalue weighted by Gasteiger charge is -1.59. The molecule has 0 rings (SSSR count). The van der Waals surface area contributed by atoms with E-state index in [1.54, 1.807) is 0 Å². The Labute approximate surface area is 95.9 Å². The van der Waals surface area contributed by atoms with Crippen LogP contribution in [0.25, 0.3) is 0 Å². The van der Waals surface area contributed by atoms with Crippen LogP contribution in [-0.4, -0.2) is 17.4 Å². The molecule has 0 aliphatic heterocycles. The van der Waals surface area contributed by atoms with Crippen LogP contribution in [0.1, 0.15) is 68.2 Å². The van der Waals surface area contributed by atoms with Gasteiger partial charge in [0.1, 0.15) is 6.29 Å². The maximum absolute atomic E-state index is 9.00. The van der Waals surface area contributed by atoms with E-state index in [0.717, 1.165) is 13.2 Å². The molecule has 0 heterocycles. The lowest BCUT2D eigenvalue weighted by molar-refractivity contribution is -0.134. The summed E-state index contributed by atoms with van der Waals surface area (Å²) >= 11 is 0. The molecule has 0 amide bonds. The summed E-state index contributed by atoms with van der Waals surface area (Å²) in [7, 11) is 0. The Balaban J connectivity index is -0.0000000283. The number of rotatable bonds is 0. The van der Waals surface area contributed by atoms with Gasteiger partial charge in [-0.1, -0.05) is 54.4 Å². The van der Waals surface area contributed by atoms with Gasteiger partial charge in [0.25, 0.3) is 5.97 Å². The molecule has 15 heavy (non-hydrogen) atoms. The van der Waals surface area contributed by atoms with Gasteiger partial charge in [0.2, 0.25) is 0 Å². The highest BCUT2D eigenvalue weighted by Gasteiger charge is 1.65. The second kappa shape index (κ2) is 73.3. The summed E-state index contributed by atoms with van der Waals surface area (Å²) in [6.45, 7) is 15.0. The average Bonchev–Trinajstić information content (AvgIpc) is 2.09. The molecule has 3 nitrogen and oxygen atoms in total. The zero-order chi connectivity index (χ0) is 13.7. The molecule has 3 heteroatoms. The fourth-order valence-electron chi connectivity index (χ4n) is 0. The minimum absolute atomic E-state index is 0.750. The average molecular weight is 222 g/mol. The fraction of sp³-hybridized carbons (Fsp3) is 0.833. The zero-order valence-corrected chi connectivity index (χ0v) is 11.8. The normalized spacial score (nSPS) is 5.33. The van der Waals surface area contributed by atoms with Crippen molar-refractivity contribution in [1.82, 2.24) is 0 Å². The minimum Gasteiger partial charge on any atom is -0.481 e. The Morgan fingerprint density at radius 3 is 1.07 bits per heavy atom. The molecular formula is C12H30O3. The summed E-state index contributed by atoms with van der Waals surface area (Å²) in [6.07, 6.45) is 3.25. The van der Waals surface area contributed by atoms with E-state index in [1.165, 1.54) is 19.8 Å². The maximum atomic E-state index is 9.00. The molecule has 0 unspecified atom stereocenters. The number of hydrogen-bond acceptors (Lipinski definition) is 2.